The molecule has 1 aliphatic heterocycles. The zero-order chi connectivity index (χ0) is 21.7. The number of likely N-dealkylation sites (tertiary alicyclic amines) is 1. The summed E-state index contributed by atoms with van der Waals surface area (Å²) in [5.74, 6) is 0.651. The minimum absolute atomic E-state index is 0.118. The fourth-order valence-corrected chi connectivity index (χ4v) is 5.46. The predicted octanol–water partition coefficient (Wildman–Crippen LogP) is 4.92. The maximum Gasteiger partial charge on any atom is 0.330 e. The van der Waals surface area contributed by atoms with E-state index in [1.54, 1.807) is 7.11 Å². The van der Waals surface area contributed by atoms with E-state index < -0.39 is 0 Å². The molecule has 0 radical (unpaired) electrons. The molecule has 164 valence electrons. The van der Waals surface area contributed by atoms with Gasteiger partial charge in [-0.25, -0.2) is 4.79 Å². The Morgan fingerprint density at radius 2 is 2.00 bits per heavy atom. The molecular weight excluding hydrogens is 386 g/mol. The van der Waals surface area contributed by atoms with Crippen LogP contribution in [0.2, 0.25) is 0 Å². The SMILES string of the molecule is CCOC(=O)/C=C1\C2CCCC1(c1cccc(OC)c1)CCN2CCc1ccccc1. The molecule has 2 bridgehead atoms. The molecule has 2 unspecified atom stereocenters. The average Bonchev–Trinajstić information content (AvgIpc) is 2.80. The summed E-state index contributed by atoms with van der Waals surface area (Å²) in [5.41, 5.74) is 3.73. The third kappa shape index (κ3) is 4.54. The number of piperidine rings is 1. The molecule has 4 rings (SSSR count). The molecule has 0 amide bonds. The van der Waals surface area contributed by atoms with Crippen LogP contribution in [0.25, 0.3) is 0 Å². The Bertz CT molecular complexity index is 923. The lowest BCUT2D eigenvalue weighted by atomic mass is 9.60. The van der Waals surface area contributed by atoms with Crippen LogP contribution in [0.4, 0.5) is 0 Å². The van der Waals surface area contributed by atoms with Crippen molar-refractivity contribution in [3.05, 3.63) is 77.4 Å². The second kappa shape index (κ2) is 9.69. The third-order valence-electron chi connectivity index (χ3n) is 6.97. The number of hydrogen-bond acceptors (Lipinski definition) is 4. The molecule has 0 spiro atoms. The van der Waals surface area contributed by atoms with Crippen LogP contribution in [0, 0.1) is 0 Å². The first-order valence-corrected chi connectivity index (χ1v) is 11.5. The molecule has 2 aromatic rings. The van der Waals surface area contributed by atoms with Crippen LogP contribution in [0.5, 0.6) is 5.75 Å². The largest absolute Gasteiger partial charge is 0.497 e. The van der Waals surface area contributed by atoms with Gasteiger partial charge in [-0.2, -0.15) is 0 Å². The lowest BCUT2D eigenvalue weighted by Gasteiger charge is -2.53. The molecule has 31 heavy (non-hydrogen) atoms. The quantitative estimate of drug-likeness (QED) is 0.472. The molecule has 2 aliphatic rings. The lowest BCUT2D eigenvalue weighted by molar-refractivity contribution is -0.137. The first-order valence-electron chi connectivity index (χ1n) is 11.5. The molecule has 1 saturated carbocycles. The molecule has 4 nitrogen and oxygen atoms in total. The van der Waals surface area contributed by atoms with E-state index in [2.05, 4.69) is 53.4 Å². The lowest BCUT2D eigenvalue weighted by Crippen LogP contribution is -2.54. The maximum absolute atomic E-state index is 12.6. The summed E-state index contributed by atoms with van der Waals surface area (Å²) in [6, 6.07) is 19.3. The first-order chi connectivity index (χ1) is 15.2. The molecule has 1 aliphatic carbocycles. The zero-order valence-electron chi connectivity index (χ0n) is 18.7. The predicted molar refractivity (Wildman–Crippen MR) is 123 cm³/mol. The Kier molecular flexibility index (Phi) is 6.77. The van der Waals surface area contributed by atoms with Crippen molar-refractivity contribution < 1.29 is 14.3 Å². The number of hydrogen-bond donors (Lipinski definition) is 0. The summed E-state index contributed by atoms with van der Waals surface area (Å²) in [5, 5.41) is 0. The topological polar surface area (TPSA) is 38.8 Å². The van der Waals surface area contributed by atoms with Crippen LogP contribution in [0.15, 0.2) is 66.2 Å². The van der Waals surface area contributed by atoms with Crippen molar-refractivity contribution in [1.82, 2.24) is 4.90 Å². The molecule has 0 N–H and O–H groups in total. The minimum Gasteiger partial charge on any atom is -0.497 e. The van der Waals surface area contributed by atoms with Crippen LogP contribution in [0.3, 0.4) is 0 Å². The summed E-state index contributed by atoms with van der Waals surface area (Å²) in [6.45, 7) is 4.30. The van der Waals surface area contributed by atoms with Crippen LogP contribution < -0.4 is 4.74 Å². The van der Waals surface area contributed by atoms with Crippen molar-refractivity contribution in [1.29, 1.82) is 0 Å². The van der Waals surface area contributed by atoms with Crippen LogP contribution in [-0.4, -0.2) is 43.7 Å². The number of esters is 1. The Hall–Kier alpha value is -2.59. The van der Waals surface area contributed by atoms with Crippen molar-refractivity contribution in [3.8, 4) is 5.75 Å². The molecule has 4 heteroatoms. The molecule has 2 aromatic carbocycles. The molecule has 2 fully saturated rings. The number of fused-ring (bicyclic) bond motifs is 2. The maximum atomic E-state index is 12.6. The number of nitrogens with zero attached hydrogens (tertiary/aromatic N) is 1. The second-order valence-electron chi connectivity index (χ2n) is 8.60. The molecular formula is C27H33NO3. The smallest absolute Gasteiger partial charge is 0.330 e. The van der Waals surface area contributed by atoms with E-state index in [9.17, 15) is 4.79 Å². The van der Waals surface area contributed by atoms with E-state index in [1.165, 1.54) is 16.7 Å². The molecule has 2 atom stereocenters. The van der Waals surface area contributed by atoms with Crippen molar-refractivity contribution in [2.75, 3.05) is 26.8 Å². The second-order valence-corrected chi connectivity index (χ2v) is 8.60. The van der Waals surface area contributed by atoms with Gasteiger partial charge < -0.3 is 9.47 Å². The van der Waals surface area contributed by atoms with Crippen LogP contribution in [-0.2, 0) is 21.4 Å². The monoisotopic (exact) mass is 419 g/mol. The van der Waals surface area contributed by atoms with Gasteiger partial charge in [0.1, 0.15) is 5.75 Å². The van der Waals surface area contributed by atoms with Crippen LogP contribution in [0.1, 0.15) is 43.7 Å². The number of benzene rings is 2. The third-order valence-corrected chi connectivity index (χ3v) is 6.97. The van der Waals surface area contributed by atoms with Gasteiger partial charge in [-0.15, -0.1) is 0 Å². The fraction of sp³-hybridized carbons (Fsp3) is 0.444. The Morgan fingerprint density at radius 1 is 1.16 bits per heavy atom. The number of methoxy groups -OCH3 is 1. The van der Waals surface area contributed by atoms with Gasteiger partial charge in [-0.3, -0.25) is 4.90 Å². The van der Waals surface area contributed by atoms with Gasteiger partial charge in [0.2, 0.25) is 0 Å². The summed E-state index contributed by atoms with van der Waals surface area (Å²) in [4.78, 5) is 15.2. The van der Waals surface area contributed by atoms with E-state index in [0.717, 1.165) is 50.9 Å². The van der Waals surface area contributed by atoms with Crippen molar-refractivity contribution in [3.63, 3.8) is 0 Å². The normalized spacial score (nSPS) is 24.7. The van der Waals surface area contributed by atoms with Gasteiger partial charge in [0.25, 0.3) is 0 Å². The summed E-state index contributed by atoms with van der Waals surface area (Å²) < 4.78 is 10.9. The van der Waals surface area contributed by atoms with Gasteiger partial charge in [0, 0.05) is 24.1 Å². The molecule has 1 saturated heterocycles. The molecule has 0 aromatic heterocycles. The minimum atomic E-state index is -0.221. The standard InChI is InChI=1S/C27H33NO3/c1-3-31-26(29)20-24-25-13-8-15-27(24,22-11-7-12-23(19-22)30-2)16-18-28(25)17-14-21-9-5-4-6-10-21/h4-7,9-12,19-20,25H,3,8,13-18H2,1-2H3/b24-20+. The van der Waals surface area contributed by atoms with Crippen LogP contribution >= 0.6 is 0 Å². The number of carbonyl (C=O) groups excluding carboxylic acids is 1. The Morgan fingerprint density at radius 3 is 2.77 bits per heavy atom. The van der Waals surface area contributed by atoms with Gasteiger partial charge >= 0.3 is 5.97 Å². The highest BCUT2D eigenvalue weighted by molar-refractivity contribution is 5.84. The zero-order valence-corrected chi connectivity index (χ0v) is 18.7. The summed E-state index contributed by atoms with van der Waals surface area (Å²) >= 11 is 0. The Balaban J connectivity index is 1.66. The van der Waals surface area contributed by atoms with E-state index in [1.807, 2.05) is 19.1 Å². The average molecular weight is 420 g/mol. The van der Waals surface area contributed by atoms with Crippen molar-refractivity contribution >= 4 is 5.97 Å². The van der Waals surface area contributed by atoms with Gasteiger partial charge in [0.15, 0.2) is 0 Å². The van der Waals surface area contributed by atoms with E-state index in [0.29, 0.717) is 6.61 Å². The highest BCUT2D eigenvalue weighted by atomic mass is 16.5. The molecule has 1 heterocycles. The number of carbonyl (C=O) groups is 1. The van der Waals surface area contributed by atoms with E-state index >= 15 is 0 Å². The van der Waals surface area contributed by atoms with Crippen molar-refractivity contribution in [2.24, 2.45) is 0 Å². The number of rotatable bonds is 7. The van der Waals surface area contributed by atoms with E-state index in [4.69, 9.17) is 9.47 Å². The Labute approximate surface area is 185 Å². The summed E-state index contributed by atoms with van der Waals surface area (Å²) in [7, 11) is 1.71. The highest BCUT2D eigenvalue weighted by Gasteiger charge is 2.48. The van der Waals surface area contributed by atoms with E-state index in [-0.39, 0.29) is 17.4 Å². The van der Waals surface area contributed by atoms with Crippen molar-refractivity contribution in [2.45, 2.75) is 50.5 Å². The van der Waals surface area contributed by atoms with Gasteiger partial charge in [-0.05, 0) is 68.0 Å². The number of ether oxygens (including phenoxy) is 2. The fourth-order valence-electron chi connectivity index (χ4n) is 5.46. The highest BCUT2D eigenvalue weighted by Crippen LogP contribution is 2.51. The van der Waals surface area contributed by atoms with Gasteiger partial charge in [0.05, 0.1) is 13.7 Å². The summed E-state index contributed by atoms with van der Waals surface area (Å²) in [6.07, 6.45) is 7.15. The first kappa shape index (κ1) is 21.6. The van der Waals surface area contributed by atoms with Gasteiger partial charge in [-0.1, -0.05) is 48.9 Å².